The summed E-state index contributed by atoms with van der Waals surface area (Å²) in [7, 11) is 0. The highest BCUT2D eigenvalue weighted by Gasteiger charge is 2.26. The van der Waals surface area contributed by atoms with E-state index in [4.69, 9.17) is 10.7 Å². The lowest BCUT2D eigenvalue weighted by atomic mass is 10.1. The van der Waals surface area contributed by atoms with Crippen molar-refractivity contribution in [1.29, 1.82) is 0 Å². The monoisotopic (exact) mass is 264 g/mol. The second kappa shape index (κ2) is 4.07. The van der Waals surface area contributed by atoms with Gasteiger partial charge in [0.1, 0.15) is 17.2 Å². The molecule has 0 spiro atoms. The Morgan fingerprint density at radius 1 is 1.20 bits per heavy atom. The first-order chi connectivity index (χ1) is 9.74. The third-order valence-corrected chi connectivity index (χ3v) is 4.20. The first kappa shape index (κ1) is 11.5. The molecule has 0 saturated carbocycles. The molecule has 4 rings (SSSR count). The van der Waals surface area contributed by atoms with Crippen LogP contribution in [0.5, 0.6) is 0 Å². The highest BCUT2D eigenvalue weighted by Crippen LogP contribution is 2.34. The molecule has 0 saturated heterocycles. The Bertz CT molecular complexity index is 778. The fraction of sp³-hybridized carbons (Fsp3) is 0.250. The van der Waals surface area contributed by atoms with Gasteiger partial charge in [-0.25, -0.2) is 9.97 Å². The second-order valence-electron chi connectivity index (χ2n) is 5.46. The van der Waals surface area contributed by atoms with Crippen molar-refractivity contribution in [1.82, 2.24) is 14.4 Å². The molecule has 0 aliphatic heterocycles. The van der Waals surface area contributed by atoms with Gasteiger partial charge in [0.25, 0.3) is 0 Å². The summed E-state index contributed by atoms with van der Waals surface area (Å²) in [5, 5.41) is 0. The average Bonchev–Trinajstić information content (AvgIpc) is 3.00. The molecule has 4 nitrogen and oxygen atoms in total. The van der Waals surface area contributed by atoms with Crippen molar-refractivity contribution < 1.29 is 0 Å². The minimum atomic E-state index is 0.426. The summed E-state index contributed by atoms with van der Waals surface area (Å²) in [6, 6.07) is 8.65. The number of aryl methyl sites for hydroxylation is 1. The number of anilines is 1. The molecule has 0 bridgehead atoms. The molecular weight excluding hydrogens is 248 g/mol. The topological polar surface area (TPSA) is 56.2 Å². The van der Waals surface area contributed by atoms with Crippen LogP contribution in [0.4, 0.5) is 5.82 Å². The van der Waals surface area contributed by atoms with Gasteiger partial charge in [-0.3, -0.25) is 4.40 Å². The maximum atomic E-state index is 5.98. The number of benzene rings is 1. The third kappa shape index (κ3) is 1.54. The Balaban J connectivity index is 1.84. The van der Waals surface area contributed by atoms with Crippen molar-refractivity contribution in [3.8, 4) is 0 Å². The van der Waals surface area contributed by atoms with Gasteiger partial charge in [-0.1, -0.05) is 24.3 Å². The van der Waals surface area contributed by atoms with Gasteiger partial charge >= 0.3 is 0 Å². The van der Waals surface area contributed by atoms with Crippen molar-refractivity contribution in [2.24, 2.45) is 0 Å². The van der Waals surface area contributed by atoms with Crippen LogP contribution < -0.4 is 5.73 Å². The molecule has 20 heavy (non-hydrogen) atoms. The molecule has 0 atom stereocenters. The molecule has 2 N–H and O–H groups in total. The van der Waals surface area contributed by atoms with Crippen LogP contribution in [-0.2, 0) is 12.8 Å². The summed E-state index contributed by atoms with van der Waals surface area (Å²) in [6.07, 6.45) is 5.81. The summed E-state index contributed by atoms with van der Waals surface area (Å²) in [4.78, 5) is 8.92. The van der Waals surface area contributed by atoms with Crippen LogP contribution in [0, 0.1) is 6.92 Å². The van der Waals surface area contributed by atoms with Gasteiger partial charge in [0, 0.05) is 18.3 Å². The van der Waals surface area contributed by atoms with Crippen molar-refractivity contribution in [3.05, 3.63) is 59.3 Å². The van der Waals surface area contributed by atoms with Crippen LogP contribution in [-0.4, -0.2) is 14.4 Å². The molecule has 0 amide bonds. The zero-order chi connectivity index (χ0) is 13.7. The van der Waals surface area contributed by atoms with E-state index in [9.17, 15) is 0 Å². The third-order valence-electron chi connectivity index (χ3n) is 4.20. The standard InChI is InChI=1S/C16H16N4/c1-10-14-15(17)18-6-7-20(14)16(19-10)13-8-11-4-2-3-5-12(11)9-13/h2-7,13H,8-9H2,1H3,(H2,17,18). The zero-order valence-electron chi connectivity index (χ0n) is 11.4. The first-order valence-corrected chi connectivity index (χ1v) is 6.90. The summed E-state index contributed by atoms with van der Waals surface area (Å²) >= 11 is 0. The highest BCUT2D eigenvalue weighted by atomic mass is 15.1. The molecule has 100 valence electrons. The normalized spacial score (nSPS) is 14.8. The molecule has 4 heteroatoms. The lowest BCUT2D eigenvalue weighted by molar-refractivity contribution is 0.677. The molecule has 2 aromatic heterocycles. The number of hydrogen-bond donors (Lipinski definition) is 1. The molecule has 3 aromatic rings. The van der Waals surface area contributed by atoms with Gasteiger partial charge in [0.2, 0.25) is 0 Å². The van der Waals surface area contributed by atoms with Gasteiger partial charge in [-0.2, -0.15) is 0 Å². The van der Waals surface area contributed by atoms with Crippen molar-refractivity contribution >= 4 is 11.3 Å². The molecule has 1 aromatic carbocycles. The van der Waals surface area contributed by atoms with Crippen molar-refractivity contribution in [2.45, 2.75) is 25.7 Å². The molecule has 2 heterocycles. The predicted octanol–water partition coefficient (Wildman–Crippen LogP) is 2.50. The lowest BCUT2D eigenvalue weighted by Crippen LogP contribution is -2.05. The van der Waals surface area contributed by atoms with Gasteiger partial charge < -0.3 is 5.73 Å². The smallest absolute Gasteiger partial charge is 0.149 e. The van der Waals surface area contributed by atoms with E-state index in [0.717, 1.165) is 29.9 Å². The molecule has 0 unspecified atom stereocenters. The largest absolute Gasteiger partial charge is 0.382 e. The maximum Gasteiger partial charge on any atom is 0.149 e. The molecule has 1 aliphatic rings. The summed E-state index contributed by atoms with van der Waals surface area (Å²) in [5.41, 5.74) is 10.8. The lowest BCUT2D eigenvalue weighted by Gasteiger charge is -2.08. The number of nitrogens with two attached hydrogens (primary N) is 1. The molecule has 0 radical (unpaired) electrons. The van der Waals surface area contributed by atoms with E-state index < -0.39 is 0 Å². The zero-order valence-corrected chi connectivity index (χ0v) is 11.4. The van der Waals surface area contributed by atoms with Crippen LogP contribution >= 0.6 is 0 Å². The Kier molecular flexibility index (Phi) is 2.33. The Labute approximate surface area is 117 Å². The Morgan fingerprint density at radius 2 is 1.90 bits per heavy atom. The van der Waals surface area contributed by atoms with Crippen LogP contribution in [0.2, 0.25) is 0 Å². The minimum absolute atomic E-state index is 0.426. The van der Waals surface area contributed by atoms with E-state index in [1.165, 1.54) is 11.1 Å². The first-order valence-electron chi connectivity index (χ1n) is 6.90. The number of imidazole rings is 1. The number of rotatable bonds is 1. The van der Waals surface area contributed by atoms with E-state index in [0.29, 0.717) is 11.7 Å². The molecule has 1 aliphatic carbocycles. The fourth-order valence-electron chi connectivity index (χ4n) is 3.30. The summed E-state index contributed by atoms with van der Waals surface area (Å²) in [6.45, 7) is 2.00. The number of hydrogen-bond acceptors (Lipinski definition) is 3. The average molecular weight is 264 g/mol. The van der Waals surface area contributed by atoms with E-state index >= 15 is 0 Å². The van der Waals surface area contributed by atoms with E-state index in [2.05, 4.69) is 33.7 Å². The minimum Gasteiger partial charge on any atom is -0.382 e. The quantitative estimate of drug-likeness (QED) is 0.734. The van der Waals surface area contributed by atoms with Gasteiger partial charge in [0.15, 0.2) is 0 Å². The SMILES string of the molecule is Cc1nc(C2Cc3ccccc3C2)n2ccnc(N)c12. The van der Waals surface area contributed by atoms with E-state index in [-0.39, 0.29) is 0 Å². The number of nitrogen functional groups attached to an aromatic ring is 1. The van der Waals surface area contributed by atoms with E-state index in [1.54, 1.807) is 6.20 Å². The van der Waals surface area contributed by atoms with Gasteiger partial charge in [-0.15, -0.1) is 0 Å². The number of nitrogens with zero attached hydrogens (tertiary/aromatic N) is 3. The van der Waals surface area contributed by atoms with Crippen molar-refractivity contribution in [2.75, 3.05) is 5.73 Å². The Morgan fingerprint density at radius 3 is 2.60 bits per heavy atom. The number of aromatic nitrogens is 3. The molecular formula is C16H16N4. The Hall–Kier alpha value is -2.36. The molecule has 0 fully saturated rings. The summed E-state index contributed by atoms with van der Waals surface area (Å²) in [5.74, 6) is 2.08. The maximum absolute atomic E-state index is 5.98. The van der Waals surface area contributed by atoms with Crippen LogP contribution in [0.25, 0.3) is 5.52 Å². The number of fused-ring (bicyclic) bond motifs is 2. The van der Waals surface area contributed by atoms with Crippen molar-refractivity contribution in [3.63, 3.8) is 0 Å². The van der Waals surface area contributed by atoms with E-state index in [1.807, 2.05) is 13.1 Å². The predicted molar refractivity (Wildman–Crippen MR) is 78.7 cm³/mol. The second-order valence-corrected chi connectivity index (χ2v) is 5.46. The fourth-order valence-corrected chi connectivity index (χ4v) is 3.30. The van der Waals surface area contributed by atoms with Crippen LogP contribution in [0.15, 0.2) is 36.7 Å². The van der Waals surface area contributed by atoms with Crippen LogP contribution in [0.1, 0.15) is 28.6 Å². The van der Waals surface area contributed by atoms with Gasteiger partial charge in [-0.05, 0) is 30.9 Å². The highest BCUT2D eigenvalue weighted by molar-refractivity contribution is 5.69. The summed E-state index contributed by atoms with van der Waals surface area (Å²) < 4.78 is 2.11. The van der Waals surface area contributed by atoms with Crippen LogP contribution in [0.3, 0.4) is 0 Å². The van der Waals surface area contributed by atoms with Gasteiger partial charge in [0.05, 0.1) is 5.69 Å².